The first-order valence-electron chi connectivity index (χ1n) is 9.13. The van der Waals surface area contributed by atoms with Crippen LogP contribution in [0, 0.1) is 0 Å². The lowest BCUT2D eigenvalue weighted by Gasteiger charge is -2.14. The number of fused-ring (bicyclic) bond motifs is 1. The molecule has 0 saturated carbocycles. The SMILES string of the molecule is CN(CCCOc1ccc(C=C2SC(=O)NC2=O)cc1)c1nc2ccccc2o1. The lowest BCUT2D eigenvalue weighted by molar-refractivity contribution is -0.115. The summed E-state index contributed by atoms with van der Waals surface area (Å²) in [5.74, 6) is 0.389. The first-order chi connectivity index (χ1) is 14.1. The van der Waals surface area contributed by atoms with E-state index in [4.69, 9.17) is 9.15 Å². The second-order valence-electron chi connectivity index (χ2n) is 6.51. The molecule has 0 bridgehead atoms. The van der Waals surface area contributed by atoms with Crippen LogP contribution in [0.15, 0.2) is 57.9 Å². The standard InChI is InChI=1S/C21H19N3O4S/c1-24(20-22-16-5-2-3-6-17(16)28-20)11-4-12-27-15-9-7-14(8-10-15)13-18-19(25)23-21(26)29-18/h2-3,5-10,13H,4,11-12H2,1H3,(H,23,25,26). The fraction of sp³-hybridized carbons (Fsp3) is 0.190. The molecule has 0 radical (unpaired) electrons. The minimum absolute atomic E-state index is 0.344. The van der Waals surface area contributed by atoms with E-state index in [1.807, 2.05) is 60.5 Å². The number of oxazole rings is 1. The van der Waals surface area contributed by atoms with Crippen LogP contribution in [-0.4, -0.2) is 36.3 Å². The van der Waals surface area contributed by atoms with Crippen molar-refractivity contribution in [2.24, 2.45) is 0 Å². The number of aromatic nitrogens is 1. The Hall–Kier alpha value is -3.26. The van der Waals surface area contributed by atoms with Gasteiger partial charge in [-0.2, -0.15) is 4.98 Å². The lowest BCUT2D eigenvalue weighted by Crippen LogP contribution is -2.20. The third kappa shape index (κ3) is 4.60. The van der Waals surface area contributed by atoms with E-state index < -0.39 is 0 Å². The molecule has 0 atom stereocenters. The van der Waals surface area contributed by atoms with E-state index in [9.17, 15) is 9.59 Å². The van der Waals surface area contributed by atoms with Crippen molar-refractivity contribution in [2.45, 2.75) is 6.42 Å². The molecule has 4 rings (SSSR count). The fourth-order valence-corrected chi connectivity index (χ4v) is 3.53. The number of anilines is 1. The number of imide groups is 1. The van der Waals surface area contributed by atoms with Crippen LogP contribution in [0.5, 0.6) is 5.75 Å². The molecule has 148 valence electrons. The van der Waals surface area contributed by atoms with Crippen LogP contribution >= 0.6 is 11.8 Å². The predicted molar refractivity (Wildman–Crippen MR) is 113 cm³/mol. The minimum Gasteiger partial charge on any atom is -0.494 e. The molecule has 3 aromatic rings. The maximum atomic E-state index is 11.6. The van der Waals surface area contributed by atoms with Gasteiger partial charge in [0.25, 0.3) is 17.2 Å². The van der Waals surface area contributed by atoms with E-state index in [2.05, 4.69) is 10.3 Å². The van der Waals surface area contributed by atoms with Crippen molar-refractivity contribution in [1.82, 2.24) is 10.3 Å². The quantitative estimate of drug-likeness (QED) is 0.465. The molecule has 2 amide bonds. The van der Waals surface area contributed by atoms with Gasteiger partial charge in [0.05, 0.1) is 11.5 Å². The Morgan fingerprint density at radius 2 is 1.97 bits per heavy atom. The number of carbonyl (C=O) groups excluding carboxylic acids is 2. The lowest BCUT2D eigenvalue weighted by atomic mass is 10.2. The van der Waals surface area contributed by atoms with Gasteiger partial charge in [-0.05, 0) is 54.1 Å². The van der Waals surface area contributed by atoms with E-state index in [0.29, 0.717) is 17.5 Å². The molecular weight excluding hydrogens is 390 g/mol. The molecule has 1 saturated heterocycles. The summed E-state index contributed by atoms with van der Waals surface area (Å²) in [5.41, 5.74) is 2.46. The number of thioether (sulfide) groups is 1. The number of benzene rings is 2. The molecular formula is C21H19N3O4S. The molecule has 2 aromatic carbocycles. The van der Waals surface area contributed by atoms with Crippen molar-refractivity contribution in [3.05, 3.63) is 59.0 Å². The third-order valence-corrected chi connectivity index (χ3v) is 5.15. The maximum absolute atomic E-state index is 11.6. The first kappa shape index (κ1) is 19.1. The largest absolute Gasteiger partial charge is 0.494 e. The number of hydrogen-bond donors (Lipinski definition) is 1. The van der Waals surface area contributed by atoms with Crippen molar-refractivity contribution in [1.29, 1.82) is 0 Å². The Labute approximate surface area is 171 Å². The summed E-state index contributed by atoms with van der Waals surface area (Å²) in [6, 6.07) is 15.7. The molecule has 1 aromatic heterocycles. The summed E-state index contributed by atoms with van der Waals surface area (Å²) in [6.07, 6.45) is 2.49. The smallest absolute Gasteiger partial charge is 0.298 e. The fourth-order valence-electron chi connectivity index (χ4n) is 2.84. The van der Waals surface area contributed by atoms with Crippen LogP contribution in [0.3, 0.4) is 0 Å². The monoisotopic (exact) mass is 409 g/mol. The van der Waals surface area contributed by atoms with Crippen molar-refractivity contribution >= 4 is 46.1 Å². The van der Waals surface area contributed by atoms with Gasteiger partial charge in [0, 0.05) is 13.6 Å². The Kier molecular flexibility index (Phi) is 5.53. The van der Waals surface area contributed by atoms with Crippen LogP contribution < -0.4 is 15.0 Å². The van der Waals surface area contributed by atoms with Gasteiger partial charge in [-0.15, -0.1) is 0 Å². The van der Waals surface area contributed by atoms with E-state index in [0.717, 1.165) is 47.1 Å². The number of carbonyl (C=O) groups is 2. The number of para-hydroxylation sites is 2. The van der Waals surface area contributed by atoms with Gasteiger partial charge in [0.2, 0.25) is 0 Å². The minimum atomic E-state index is -0.358. The second-order valence-corrected chi connectivity index (χ2v) is 7.52. The van der Waals surface area contributed by atoms with Gasteiger partial charge in [-0.3, -0.25) is 14.9 Å². The van der Waals surface area contributed by atoms with Crippen LogP contribution in [0.4, 0.5) is 10.8 Å². The Bertz CT molecular complexity index is 1040. The number of amides is 2. The molecule has 1 fully saturated rings. The molecule has 29 heavy (non-hydrogen) atoms. The average Bonchev–Trinajstić information content (AvgIpc) is 3.29. The molecule has 0 unspecified atom stereocenters. The van der Waals surface area contributed by atoms with Crippen LogP contribution in [0.1, 0.15) is 12.0 Å². The van der Waals surface area contributed by atoms with Gasteiger partial charge in [0.15, 0.2) is 5.58 Å². The molecule has 1 N–H and O–H groups in total. The normalized spacial score (nSPS) is 15.1. The van der Waals surface area contributed by atoms with E-state index in [1.54, 1.807) is 6.08 Å². The van der Waals surface area contributed by atoms with Gasteiger partial charge >= 0.3 is 0 Å². The first-order valence-corrected chi connectivity index (χ1v) is 9.94. The summed E-state index contributed by atoms with van der Waals surface area (Å²) in [5, 5.41) is 1.89. The number of nitrogens with zero attached hydrogens (tertiary/aromatic N) is 2. The summed E-state index contributed by atoms with van der Waals surface area (Å²) >= 11 is 0.904. The van der Waals surface area contributed by atoms with Gasteiger partial charge in [0.1, 0.15) is 11.3 Å². The van der Waals surface area contributed by atoms with Gasteiger partial charge < -0.3 is 14.1 Å². The molecule has 1 aliphatic rings. The number of nitrogens with one attached hydrogen (secondary N) is 1. The zero-order valence-corrected chi connectivity index (χ0v) is 16.6. The van der Waals surface area contributed by atoms with Crippen molar-refractivity contribution < 1.29 is 18.7 Å². The maximum Gasteiger partial charge on any atom is 0.298 e. The Morgan fingerprint density at radius 1 is 1.17 bits per heavy atom. The molecule has 0 spiro atoms. The highest BCUT2D eigenvalue weighted by Crippen LogP contribution is 2.26. The van der Waals surface area contributed by atoms with Gasteiger partial charge in [-0.25, -0.2) is 0 Å². The molecule has 0 aliphatic carbocycles. The van der Waals surface area contributed by atoms with Crippen molar-refractivity contribution in [2.75, 3.05) is 25.1 Å². The average molecular weight is 409 g/mol. The highest BCUT2D eigenvalue weighted by Gasteiger charge is 2.24. The summed E-state index contributed by atoms with van der Waals surface area (Å²) in [6.45, 7) is 1.30. The summed E-state index contributed by atoms with van der Waals surface area (Å²) in [7, 11) is 1.94. The number of hydrogen-bond acceptors (Lipinski definition) is 7. The zero-order chi connectivity index (χ0) is 20.2. The van der Waals surface area contributed by atoms with E-state index in [1.165, 1.54) is 0 Å². The van der Waals surface area contributed by atoms with Crippen LogP contribution in [0.2, 0.25) is 0 Å². The Morgan fingerprint density at radius 3 is 2.69 bits per heavy atom. The highest BCUT2D eigenvalue weighted by molar-refractivity contribution is 8.18. The second kappa shape index (κ2) is 8.40. The summed E-state index contributed by atoms with van der Waals surface area (Å²) < 4.78 is 11.5. The van der Waals surface area contributed by atoms with Gasteiger partial charge in [-0.1, -0.05) is 24.3 Å². The van der Waals surface area contributed by atoms with E-state index >= 15 is 0 Å². The topological polar surface area (TPSA) is 84.7 Å². The molecule has 8 heteroatoms. The van der Waals surface area contributed by atoms with Crippen molar-refractivity contribution in [3.8, 4) is 5.75 Å². The van der Waals surface area contributed by atoms with Crippen LogP contribution in [0.25, 0.3) is 17.2 Å². The Balaban J connectivity index is 1.26. The predicted octanol–water partition coefficient (Wildman–Crippen LogP) is 4.06. The number of ether oxygens (including phenoxy) is 1. The van der Waals surface area contributed by atoms with Crippen molar-refractivity contribution in [3.63, 3.8) is 0 Å². The molecule has 1 aliphatic heterocycles. The molecule has 2 heterocycles. The van der Waals surface area contributed by atoms with E-state index in [-0.39, 0.29) is 11.1 Å². The number of rotatable bonds is 7. The van der Waals surface area contributed by atoms with Crippen LogP contribution in [-0.2, 0) is 4.79 Å². The third-order valence-electron chi connectivity index (χ3n) is 4.34. The zero-order valence-electron chi connectivity index (χ0n) is 15.8. The summed E-state index contributed by atoms with van der Waals surface area (Å²) in [4.78, 5) is 29.6. The highest BCUT2D eigenvalue weighted by atomic mass is 32.2. The molecule has 7 nitrogen and oxygen atoms in total.